The lowest BCUT2D eigenvalue weighted by Crippen LogP contribution is -2.30. The van der Waals surface area contributed by atoms with Crippen molar-refractivity contribution in [3.05, 3.63) is 122 Å². The third-order valence-electron chi connectivity index (χ3n) is 14.9. The van der Waals surface area contributed by atoms with Crippen LogP contribution in [0.2, 0.25) is 0 Å². The number of carbonyl (C=O) groups is 3. The molecule has 0 N–H and O–H groups in total. The highest BCUT2D eigenvalue weighted by molar-refractivity contribution is 5.71. The molecule has 0 spiro atoms. The van der Waals surface area contributed by atoms with Gasteiger partial charge in [0.1, 0.15) is 13.2 Å². The summed E-state index contributed by atoms with van der Waals surface area (Å²) in [5.41, 5.74) is 0. The lowest BCUT2D eigenvalue weighted by atomic mass is 10.0. The lowest BCUT2D eigenvalue weighted by Gasteiger charge is -2.18. The number of rotatable bonds is 63. The molecule has 83 heavy (non-hydrogen) atoms. The fraction of sp³-hybridized carbons (Fsp3) is 0.701. The second kappa shape index (κ2) is 70.3. The highest BCUT2D eigenvalue weighted by Gasteiger charge is 2.19. The molecule has 1 atom stereocenters. The average Bonchev–Trinajstić information content (AvgIpc) is 3.49. The van der Waals surface area contributed by atoms with Gasteiger partial charge in [-0.05, 0) is 128 Å². The van der Waals surface area contributed by atoms with Crippen LogP contribution < -0.4 is 0 Å². The first-order chi connectivity index (χ1) is 41.0. The minimum atomic E-state index is -0.800. The maximum Gasteiger partial charge on any atom is 0.306 e. The van der Waals surface area contributed by atoms with Crippen molar-refractivity contribution < 1.29 is 28.6 Å². The molecule has 474 valence electrons. The Kier molecular flexibility index (Phi) is 66.7. The maximum absolute atomic E-state index is 13.0. The Morgan fingerprint density at radius 2 is 0.470 bits per heavy atom. The van der Waals surface area contributed by atoms with Crippen LogP contribution in [0.1, 0.15) is 329 Å². The van der Waals surface area contributed by atoms with E-state index in [0.717, 1.165) is 122 Å². The van der Waals surface area contributed by atoms with Gasteiger partial charge in [-0.25, -0.2) is 0 Å². The molecule has 0 aromatic rings. The molecule has 0 saturated carbocycles. The maximum atomic E-state index is 13.0. The van der Waals surface area contributed by atoms with E-state index >= 15 is 0 Å². The van der Waals surface area contributed by atoms with E-state index in [2.05, 4.69) is 142 Å². The predicted octanol–water partition coefficient (Wildman–Crippen LogP) is 24.3. The number of carbonyl (C=O) groups excluding carboxylic acids is 3. The molecule has 0 rings (SSSR count). The molecule has 0 bridgehead atoms. The predicted molar refractivity (Wildman–Crippen MR) is 362 cm³/mol. The molecule has 0 aromatic heterocycles. The molecular weight excluding hydrogens is 1020 g/mol. The van der Waals surface area contributed by atoms with Crippen LogP contribution in [0.4, 0.5) is 0 Å². The number of allylic oxidation sites excluding steroid dienone is 20. The van der Waals surface area contributed by atoms with Crippen molar-refractivity contribution in [3.8, 4) is 0 Å². The van der Waals surface area contributed by atoms with E-state index in [4.69, 9.17) is 14.2 Å². The van der Waals surface area contributed by atoms with E-state index in [1.807, 2.05) is 0 Å². The summed E-state index contributed by atoms with van der Waals surface area (Å²) in [6, 6.07) is 0. The molecule has 0 amide bonds. The third kappa shape index (κ3) is 68.5. The fourth-order valence-corrected chi connectivity index (χ4v) is 9.75. The fourth-order valence-electron chi connectivity index (χ4n) is 9.75. The minimum Gasteiger partial charge on any atom is -0.462 e. The summed E-state index contributed by atoms with van der Waals surface area (Å²) in [6.07, 6.45) is 97.9. The second-order valence-corrected chi connectivity index (χ2v) is 23.0. The topological polar surface area (TPSA) is 78.9 Å². The van der Waals surface area contributed by atoms with Gasteiger partial charge >= 0.3 is 17.9 Å². The van der Waals surface area contributed by atoms with E-state index in [0.29, 0.717) is 19.3 Å². The van der Waals surface area contributed by atoms with Crippen molar-refractivity contribution >= 4 is 17.9 Å². The molecule has 0 radical (unpaired) electrons. The van der Waals surface area contributed by atoms with Crippen LogP contribution in [0.3, 0.4) is 0 Å². The number of hydrogen-bond acceptors (Lipinski definition) is 6. The second-order valence-electron chi connectivity index (χ2n) is 23.0. The monoisotopic (exact) mass is 1150 g/mol. The Hall–Kier alpha value is -4.19. The summed E-state index contributed by atoms with van der Waals surface area (Å²) in [6.45, 7) is 6.42. The van der Waals surface area contributed by atoms with Crippen LogP contribution in [0.5, 0.6) is 0 Å². The molecule has 0 aliphatic heterocycles. The van der Waals surface area contributed by atoms with Crippen LogP contribution in [0.25, 0.3) is 0 Å². The largest absolute Gasteiger partial charge is 0.462 e. The van der Waals surface area contributed by atoms with Crippen molar-refractivity contribution in [1.29, 1.82) is 0 Å². The smallest absolute Gasteiger partial charge is 0.306 e. The van der Waals surface area contributed by atoms with Crippen LogP contribution >= 0.6 is 0 Å². The lowest BCUT2D eigenvalue weighted by molar-refractivity contribution is -0.167. The van der Waals surface area contributed by atoms with Gasteiger partial charge in [0.05, 0.1) is 0 Å². The van der Waals surface area contributed by atoms with Gasteiger partial charge in [-0.15, -0.1) is 0 Å². The molecule has 0 heterocycles. The van der Waals surface area contributed by atoms with Gasteiger partial charge in [0.2, 0.25) is 0 Å². The van der Waals surface area contributed by atoms with Crippen molar-refractivity contribution in [1.82, 2.24) is 0 Å². The Bertz CT molecular complexity index is 1700. The van der Waals surface area contributed by atoms with E-state index < -0.39 is 6.10 Å². The van der Waals surface area contributed by atoms with Crippen molar-refractivity contribution in [2.45, 2.75) is 335 Å². The van der Waals surface area contributed by atoms with Crippen molar-refractivity contribution in [3.63, 3.8) is 0 Å². The SMILES string of the molecule is CC/C=C\C/C=C\C/C=C\C/C=C\C/C=C\CCCCCC(=O)OCC(COC(=O)CCCCCCCCCCCC/C=C\C/C=C\C/C=C\C/C=C\CC)OC(=O)CCCCCCCCCCCCC/C=C\CCCCCCCCCC. The molecule has 0 fully saturated rings. The van der Waals surface area contributed by atoms with Crippen LogP contribution in [-0.2, 0) is 28.6 Å². The Balaban J connectivity index is 4.43. The van der Waals surface area contributed by atoms with Crippen LogP contribution in [0.15, 0.2) is 122 Å². The van der Waals surface area contributed by atoms with E-state index in [1.165, 1.54) is 167 Å². The highest BCUT2D eigenvalue weighted by atomic mass is 16.6. The number of hydrogen-bond donors (Lipinski definition) is 0. The number of esters is 3. The summed E-state index contributed by atoms with van der Waals surface area (Å²) >= 11 is 0. The van der Waals surface area contributed by atoms with Gasteiger partial charge in [0.15, 0.2) is 6.10 Å². The quantitative estimate of drug-likeness (QED) is 0.0261. The summed E-state index contributed by atoms with van der Waals surface area (Å²) in [5.74, 6) is -0.919. The Morgan fingerprint density at radius 1 is 0.253 bits per heavy atom. The van der Waals surface area contributed by atoms with Gasteiger partial charge < -0.3 is 14.2 Å². The first-order valence-electron chi connectivity index (χ1n) is 35.0. The molecule has 6 nitrogen and oxygen atoms in total. The van der Waals surface area contributed by atoms with Gasteiger partial charge in [-0.1, -0.05) is 303 Å². The molecular formula is C77H130O6. The molecule has 0 aromatic carbocycles. The molecule has 6 heteroatoms. The summed E-state index contributed by atoms with van der Waals surface area (Å²) in [4.78, 5) is 38.5. The number of unbranched alkanes of at least 4 members (excludes halogenated alkanes) is 32. The summed E-state index contributed by atoms with van der Waals surface area (Å²) < 4.78 is 17.0. The molecule has 0 aliphatic rings. The van der Waals surface area contributed by atoms with Gasteiger partial charge in [0, 0.05) is 19.3 Å². The van der Waals surface area contributed by atoms with Gasteiger partial charge in [-0.2, -0.15) is 0 Å². The molecule has 1 unspecified atom stereocenters. The Labute approximate surface area is 513 Å². The summed E-state index contributed by atoms with van der Waals surface area (Å²) in [7, 11) is 0. The van der Waals surface area contributed by atoms with Crippen molar-refractivity contribution in [2.75, 3.05) is 13.2 Å². The van der Waals surface area contributed by atoms with Crippen molar-refractivity contribution in [2.24, 2.45) is 0 Å². The van der Waals surface area contributed by atoms with Gasteiger partial charge in [0.25, 0.3) is 0 Å². The minimum absolute atomic E-state index is 0.0923. The molecule has 0 aliphatic carbocycles. The Morgan fingerprint density at radius 3 is 0.759 bits per heavy atom. The first-order valence-corrected chi connectivity index (χ1v) is 35.0. The van der Waals surface area contributed by atoms with Crippen LogP contribution in [-0.4, -0.2) is 37.2 Å². The van der Waals surface area contributed by atoms with E-state index in [1.54, 1.807) is 0 Å². The highest BCUT2D eigenvalue weighted by Crippen LogP contribution is 2.17. The van der Waals surface area contributed by atoms with Gasteiger partial charge in [-0.3, -0.25) is 14.4 Å². The zero-order chi connectivity index (χ0) is 59.9. The standard InChI is InChI=1S/C77H130O6/c1-4-7-10-13-16-19-22-25-28-31-34-36-38-40-43-46-49-52-55-58-61-64-67-70-76(79)82-73-74(72-81-75(78)69-66-63-60-57-54-51-48-45-42-33-30-27-24-21-18-15-12-9-6-3)83-77(80)71-68-65-62-59-56-53-50-47-44-41-39-37-35-32-29-26-23-20-17-14-11-8-5-2/h7,9-10,12,16,18-19,21,25,27-28,30,32,34-36,42,45,51,54,74H,4-6,8,11,13-15,17,20,22-24,26,29,31,33,37-41,43-44,46-50,52-53,55-73H2,1-3H3/b10-7-,12-9-,19-16-,21-18-,28-25-,30-27-,35-32-,36-34-,45-42-,54-51-. The zero-order valence-corrected chi connectivity index (χ0v) is 54.4. The molecule has 0 saturated heterocycles. The van der Waals surface area contributed by atoms with Crippen LogP contribution in [0, 0.1) is 0 Å². The first kappa shape index (κ1) is 78.8. The summed E-state index contributed by atoms with van der Waals surface area (Å²) in [5, 5.41) is 0. The normalized spacial score (nSPS) is 12.9. The van der Waals surface area contributed by atoms with E-state index in [9.17, 15) is 14.4 Å². The van der Waals surface area contributed by atoms with E-state index in [-0.39, 0.29) is 31.1 Å². The number of ether oxygens (including phenoxy) is 3. The zero-order valence-electron chi connectivity index (χ0n) is 54.4. The average molecular weight is 1150 g/mol. The third-order valence-corrected chi connectivity index (χ3v) is 14.9.